The van der Waals surface area contributed by atoms with Crippen molar-refractivity contribution in [1.82, 2.24) is 9.97 Å². The van der Waals surface area contributed by atoms with Crippen LogP contribution in [0.5, 0.6) is 0 Å². The van der Waals surface area contributed by atoms with Gasteiger partial charge in [0.05, 0.1) is 10.9 Å². The molecular formula is C22H22F2N4O. The highest BCUT2D eigenvalue weighted by Crippen LogP contribution is 2.48. The number of piperidine rings is 1. The highest BCUT2D eigenvalue weighted by Gasteiger charge is 2.46. The number of hydrogen-bond donors (Lipinski definition) is 1. The van der Waals surface area contributed by atoms with E-state index < -0.39 is 11.6 Å². The molecule has 1 spiro atoms. The average Bonchev–Trinajstić information content (AvgIpc) is 2.94. The highest BCUT2D eigenvalue weighted by molar-refractivity contribution is 5.81. The van der Waals surface area contributed by atoms with Crippen LogP contribution in [0.2, 0.25) is 0 Å². The highest BCUT2D eigenvalue weighted by atomic mass is 19.1. The summed E-state index contributed by atoms with van der Waals surface area (Å²) in [5.41, 5.74) is 2.44. The smallest absolute Gasteiger partial charge is 0.260 e. The minimum absolute atomic E-state index is 0.151. The Kier molecular flexibility index (Phi) is 3.91. The van der Waals surface area contributed by atoms with Crippen LogP contribution < -0.4 is 15.4 Å². The molecule has 5 rings (SSSR count). The van der Waals surface area contributed by atoms with Crippen LogP contribution in [0.3, 0.4) is 0 Å². The molecule has 1 saturated heterocycles. The molecule has 0 unspecified atom stereocenters. The molecule has 0 radical (unpaired) electrons. The fraction of sp³-hybridized carbons (Fsp3) is 0.364. The molecule has 0 amide bonds. The summed E-state index contributed by atoms with van der Waals surface area (Å²) in [6, 6.07) is 7.97. The van der Waals surface area contributed by atoms with Crippen molar-refractivity contribution in [3.63, 3.8) is 0 Å². The molecule has 1 N–H and O–H groups in total. The van der Waals surface area contributed by atoms with Crippen LogP contribution in [0.15, 0.2) is 35.1 Å². The molecule has 3 aromatic rings. The van der Waals surface area contributed by atoms with E-state index in [9.17, 15) is 13.6 Å². The van der Waals surface area contributed by atoms with E-state index in [4.69, 9.17) is 4.98 Å². The summed E-state index contributed by atoms with van der Waals surface area (Å²) < 4.78 is 28.4. The van der Waals surface area contributed by atoms with Crippen molar-refractivity contribution in [2.75, 3.05) is 36.5 Å². The van der Waals surface area contributed by atoms with Gasteiger partial charge in [0.2, 0.25) is 5.95 Å². The van der Waals surface area contributed by atoms with E-state index in [1.807, 2.05) is 31.0 Å². The molecule has 3 heterocycles. The zero-order chi connectivity index (χ0) is 20.3. The van der Waals surface area contributed by atoms with Gasteiger partial charge in [0.1, 0.15) is 11.6 Å². The number of rotatable bonds is 1. The predicted octanol–water partition coefficient (Wildman–Crippen LogP) is 3.50. The lowest BCUT2D eigenvalue weighted by atomic mass is 9.74. The van der Waals surface area contributed by atoms with E-state index in [2.05, 4.69) is 9.88 Å². The number of fused-ring (bicyclic) bond motifs is 3. The third-order valence-electron chi connectivity index (χ3n) is 6.46. The van der Waals surface area contributed by atoms with Crippen molar-refractivity contribution in [2.45, 2.75) is 25.2 Å². The molecule has 0 aliphatic carbocycles. The SMILES string of the molecule is Cc1cccc2c(=O)[nH]c(N3CCC4(CC3)CN(C)c3cc(F)cc(F)c34)nc12. The maximum absolute atomic E-state index is 14.7. The summed E-state index contributed by atoms with van der Waals surface area (Å²) >= 11 is 0. The van der Waals surface area contributed by atoms with E-state index in [1.165, 1.54) is 6.07 Å². The van der Waals surface area contributed by atoms with Crippen molar-refractivity contribution in [2.24, 2.45) is 0 Å². The van der Waals surface area contributed by atoms with Crippen molar-refractivity contribution >= 4 is 22.5 Å². The molecule has 2 aliphatic heterocycles. The van der Waals surface area contributed by atoms with Crippen LogP contribution in [0.1, 0.15) is 24.0 Å². The Morgan fingerprint density at radius 3 is 2.69 bits per heavy atom. The lowest BCUT2D eigenvalue weighted by Crippen LogP contribution is -2.46. The second-order valence-corrected chi connectivity index (χ2v) is 8.27. The number of para-hydroxylation sites is 1. The first-order chi connectivity index (χ1) is 13.9. The van der Waals surface area contributed by atoms with E-state index >= 15 is 0 Å². The first-order valence-electron chi connectivity index (χ1n) is 9.83. The molecule has 150 valence electrons. The Balaban J connectivity index is 1.47. The van der Waals surface area contributed by atoms with Gasteiger partial charge in [-0.05, 0) is 37.5 Å². The number of benzene rings is 2. The minimum Gasteiger partial charge on any atom is -0.373 e. The van der Waals surface area contributed by atoms with Crippen molar-refractivity contribution < 1.29 is 8.78 Å². The molecule has 2 aromatic carbocycles. The number of H-pyrrole nitrogens is 1. The van der Waals surface area contributed by atoms with Crippen LogP contribution in [0.25, 0.3) is 10.9 Å². The second-order valence-electron chi connectivity index (χ2n) is 8.27. The minimum atomic E-state index is -0.545. The van der Waals surface area contributed by atoms with Crippen LogP contribution in [0.4, 0.5) is 20.4 Å². The number of aryl methyl sites for hydroxylation is 1. The Morgan fingerprint density at radius 1 is 1.17 bits per heavy atom. The van der Waals surface area contributed by atoms with Crippen LogP contribution in [-0.2, 0) is 5.41 Å². The number of anilines is 2. The normalized spacial score (nSPS) is 17.9. The van der Waals surface area contributed by atoms with E-state index in [-0.39, 0.29) is 11.0 Å². The van der Waals surface area contributed by atoms with E-state index in [0.29, 0.717) is 60.6 Å². The fourth-order valence-electron chi connectivity index (χ4n) is 5.00. The summed E-state index contributed by atoms with van der Waals surface area (Å²) in [7, 11) is 1.88. The van der Waals surface area contributed by atoms with Crippen molar-refractivity contribution in [3.05, 3.63) is 63.4 Å². The molecular weight excluding hydrogens is 374 g/mol. The Morgan fingerprint density at radius 2 is 1.93 bits per heavy atom. The summed E-state index contributed by atoms with van der Waals surface area (Å²) in [5, 5.41) is 0.581. The molecule has 1 fully saturated rings. The first-order valence-corrected chi connectivity index (χ1v) is 9.83. The number of halogens is 2. The number of aromatic amines is 1. The second kappa shape index (κ2) is 6.27. The summed E-state index contributed by atoms with van der Waals surface area (Å²) in [4.78, 5) is 24.1. The standard InChI is InChI=1S/C22H22F2N4O/c1-13-4-3-5-15-19(13)25-21(26-20(15)29)28-8-6-22(7-9-28)12-27(2)17-11-14(23)10-16(24)18(17)22/h3-5,10-11H,6-9,12H2,1-2H3,(H,25,26,29). The molecule has 0 atom stereocenters. The zero-order valence-corrected chi connectivity index (χ0v) is 16.4. The molecule has 2 aliphatic rings. The quantitative estimate of drug-likeness (QED) is 0.684. The van der Waals surface area contributed by atoms with Gasteiger partial charge in [-0.2, -0.15) is 0 Å². The summed E-state index contributed by atoms with van der Waals surface area (Å²) in [6.45, 7) is 3.89. The molecule has 0 saturated carbocycles. The van der Waals surface area contributed by atoms with Gasteiger partial charge in [-0.15, -0.1) is 0 Å². The fourth-order valence-corrected chi connectivity index (χ4v) is 5.00. The zero-order valence-electron chi connectivity index (χ0n) is 16.4. The topological polar surface area (TPSA) is 52.2 Å². The number of nitrogens with one attached hydrogen (secondary N) is 1. The van der Waals surface area contributed by atoms with Gasteiger partial charge < -0.3 is 9.80 Å². The molecule has 5 nitrogen and oxygen atoms in total. The van der Waals surface area contributed by atoms with Crippen molar-refractivity contribution in [3.8, 4) is 0 Å². The van der Waals surface area contributed by atoms with Gasteiger partial charge in [-0.3, -0.25) is 9.78 Å². The Bertz CT molecular complexity index is 1180. The molecule has 29 heavy (non-hydrogen) atoms. The number of likely N-dealkylation sites (N-methyl/N-ethyl adjacent to an activating group) is 1. The third-order valence-corrected chi connectivity index (χ3v) is 6.46. The van der Waals surface area contributed by atoms with E-state index in [0.717, 1.165) is 11.6 Å². The molecule has 7 heteroatoms. The van der Waals surface area contributed by atoms with Crippen LogP contribution in [0, 0.1) is 18.6 Å². The average molecular weight is 396 g/mol. The van der Waals surface area contributed by atoms with Crippen molar-refractivity contribution in [1.29, 1.82) is 0 Å². The van der Waals surface area contributed by atoms with E-state index in [1.54, 1.807) is 6.07 Å². The van der Waals surface area contributed by atoms with Gasteiger partial charge in [0, 0.05) is 49.4 Å². The number of nitrogens with zero attached hydrogens (tertiary/aromatic N) is 3. The Hall–Kier alpha value is -2.96. The van der Waals surface area contributed by atoms with Gasteiger partial charge in [0.25, 0.3) is 5.56 Å². The predicted molar refractivity (Wildman–Crippen MR) is 110 cm³/mol. The van der Waals surface area contributed by atoms with Gasteiger partial charge in [0.15, 0.2) is 0 Å². The largest absolute Gasteiger partial charge is 0.373 e. The first kappa shape index (κ1) is 18.1. The maximum Gasteiger partial charge on any atom is 0.260 e. The summed E-state index contributed by atoms with van der Waals surface area (Å²) in [5.74, 6) is -0.459. The Labute approximate surface area is 167 Å². The number of hydrogen-bond acceptors (Lipinski definition) is 4. The van der Waals surface area contributed by atoms with Gasteiger partial charge in [-0.1, -0.05) is 12.1 Å². The monoisotopic (exact) mass is 396 g/mol. The third kappa shape index (κ3) is 2.71. The van der Waals surface area contributed by atoms with Gasteiger partial charge in [-0.25, -0.2) is 13.8 Å². The van der Waals surface area contributed by atoms with Crippen LogP contribution >= 0.6 is 0 Å². The summed E-state index contributed by atoms with van der Waals surface area (Å²) in [6.07, 6.45) is 1.42. The molecule has 1 aromatic heterocycles. The number of aromatic nitrogens is 2. The van der Waals surface area contributed by atoms with Gasteiger partial charge >= 0.3 is 0 Å². The lowest BCUT2D eigenvalue weighted by Gasteiger charge is -2.40. The maximum atomic E-state index is 14.7. The van der Waals surface area contributed by atoms with Crippen LogP contribution in [-0.4, -0.2) is 36.6 Å². The lowest BCUT2D eigenvalue weighted by molar-refractivity contribution is 0.340. The molecule has 0 bridgehead atoms.